The molecule has 0 aliphatic heterocycles. The summed E-state index contributed by atoms with van der Waals surface area (Å²) in [5.74, 6) is 1.09. The van der Waals surface area contributed by atoms with Crippen LogP contribution >= 0.6 is 0 Å². The van der Waals surface area contributed by atoms with Crippen molar-refractivity contribution in [2.45, 2.75) is 64.8 Å². The van der Waals surface area contributed by atoms with E-state index >= 15 is 0 Å². The summed E-state index contributed by atoms with van der Waals surface area (Å²) in [6.45, 7) is 4.45. The third-order valence-electron chi connectivity index (χ3n) is 3.70. The van der Waals surface area contributed by atoms with Gasteiger partial charge in [0.25, 0.3) is 0 Å². The van der Waals surface area contributed by atoms with Gasteiger partial charge in [0.1, 0.15) is 12.1 Å². The summed E-state index contributed by atoms with van der Waals surface area (Å²) in [6.07, 6.45) is 10.1. The molecule has 1 aliphatic rings. The van der Waals surface area contributed by atoms with Gasteiger partial charge in [0.05, 0.1) is 0 Å². The Labute approximate surface area is 104 Å². The van der Waals surface area contributed by atoms with Crippen molar-refractivity contribution in [1.82, 2.24) is 9.97 Å². The summed E-state index contributed by atoms with van der Waals surface area (Å²) in [4.78, 5) is 8.89. The van der Waals surface area contributed by atoms with Crippen molar-refractivity contribution >= 4 is 5.82 Å². The minimum atomic E-state index is 0.539. The van der Waals surface area contributed by atoms with E-state index in [0.717, 1.165) is 31.5 Å². The van der Waals surface area contributed by atoms with Crippen molar-refractivity contribution in [3.05, 3.63) is 17.6 Å². The van der Waals surface area contributed by atoms with E-state index < -0.39 is 0 Å². The van der Waals surface area contributed by atoms with Gasteiger partial charge in [-0.3, -0.25) is 0 Å². The minimum absolute atomic E-state index is 0.539. The van der Waals surface area contributed by atoms with Crippen LogP contribution in [-0.4, -0.2) is 16.0 Å². The zero-order valence-electron chi connectivity index (χ0n) is 11.0. The molecule has 17 heavy (non-hydrogen) atoms. The molecule has 1 N–H and O–H groups in total. The summed E-state index contributed by atoms with van der Waals surface area (Å²) >= 11 is 0. The van der Waals surface area contributed by atoms with Crippen molar-refractivity contribution in [2.75, 3.05) is 5.32 Å². The highest BCUT2D eigenvalue weighted by Crippen LogP contribution is 2.24. The van der Waals surface area contributed by atoms with Crippen LogP contribution in [0.15, 0.2) is 6.33 Å². The number of aromatic nitrogens is 2. The van der Waals surface area contributed by atoms with Crippen molar-refractivity contribution in [2.24, 2.45) is 0 Å². The first-order valence-corrected chi connectivity index (χ1v) is 6.94. The second-order valence-electron chi connectivity index (χ2n) is 4.87. The fraction of sp³-hybridized carbons (Fsp3) is 0.714. The Morgan fingerprint density at radius 2 is 1.88 bits per heavy atom. The van der Waals surface area contributed by atoms with E-state index in [-0.39, 0.29) is 0 Å². The predicted octanol–water partition coefficient (Wildman–Crippen LogP) is 3.35. The van der Waals surface area contributed by atoms with Crippen LogP contribution in [0.3, 0.4) is 0 Å². The van der Waals surface area contributed by atoms with E-state index in [1.54, 1.807) is 6.33 Å². The molecular formula is C14H23N3. The highest BCUT2D eigenvalue weighted by molar-refractivity contribution is 5.47. The van der Waals surface area contributed by atoms with Gasteiger partial charge in [-0.05, 0) is 38.5 Å². The van der Waals surface area contributed by atoms with Gasteiger partial charge in [-0.15, -0.1) is 0 Å². The van der Waals surface area contributed by atoms with Crippen molar-refractivity contribution < 1.29 is 0 Å². The van der Waals surface area contributed by atoms with Crippen LogP contribution < -0.4 is 5.32 Å². The summed E-state index contributed by atoms with van der Waals surface area (Å²) in [5, 5.41) is 3.58. The van der Waals surface area contributed by atoms with Crippen molar-refractivity contribution in [3.8, 4) is 0 Å². The normalized spacial score (nSPS) is 15.5. The van der Waals surface area contributed by atoms with Crippen LogP contribution in [0.2, 0.25) is 0 Å². The van der Waals surface area contributed by atoms with Crippen LogP contribution in [0.5, 0.6) is 0 Å². The van der Waals surface area contributed by atoms with Gasteiger partial charge >= 0.3 is 0 Å². The molecule has 3 nitrogen and oxygen atoms in total. The highest BCUT2D eigenvalue weighted by atomic mass is 15.0. The molecule has 0 aromatic carbocycles. The molecule has 0 radical (unpaired) electrons. The number of aryl methyl sites for hydroxylation is 1. The molecular weight excluding hydrogens is 210 g/mol. The largest absolute Gasteiger partial charge is 0.367 e. The first-order valence-electron chi connectivity index (χ1n) is 6.94. The quantitative estimate of drug-likeness (QED) is 0.810. The lowest BCUT2D eigenvalue weighted by Gasteiger charge is -2.18. The molecule has 0 unspecified atom stereocenters. The molecule has 94 valence electrons. The average molecular weight is 233 g/mol. The molecule has 1 aromatic rings. The maximum absolute atomic E-state index is 4.45. The fourth-order valence-electron chi connectivity index (χ4n) is 2.51. The minimum Gasteiger partial charge on any atom is -0.367 e. The van der Waals surface area contributed by atoms with Crippen LogP contribution in [0, 0.1) is 0 Å². The Hall–Kier alpha value is -1.12. The number of nitrogens with zero attached hydrogens (tertiary/aromatic N) is 2. The van der Waals surface area contributed by atoms with Crippen LogP contribution in [0.4, 0.5) is 5.82 Å². The lowest BCUT2D eigenvalue weighted by atomic mass is 10.1. The zero-order valence-corrected chi connectivity index (χ0v) is 11.0. The number of nitrogens with one attached hydrogen (secondary N) is 1. The average Bonchev–Trinajstić information content (AvgIpc) is 2.61. The topological polar surface area (TPSA) is 37.8 Å². The second kappa shape index (κ2) is 5.99. The SMILES string of the molecule is CCC(CC)Nc1ncnc2c1CCCCC2. The van der Waals surface area contributed by atoms with Gasteiger partial charge < -0.3 is 5.32 Å². The third-order valence-corrected chi connectivity index (χ3v) is 3.70. The van der Waals surface area contributed by atoms with Gasteiger partial charge in [-0.2, -0.15) is 0 Å². The first kappa shape index (κ1) is 12.3. The molecule has 2 rings (SSSR count). The van der Waals surface area contributed by atoms with Gasteiger partial charge in [0.15, 0.2) is 0 Å². The van der Waals surface area contributed by atoms with Gasteiger partial charge in [0.2, 0.25) is 0 Å². The van der Waals surface area contributed by atoms with E-state index in [9.17, 15) is 0 Å². The number of hydrogen-bond acceptors (Lipinski definition) is 3. The Morgan fingerprint density at radius 1 is 1.12 bits per heavy atom. The summed E-state index contributed by atoms with van der Waals surface area (Å²) in [5.41, 5.74) is 2.64. The first-order chi connectivity index (χ1) is 8.35. The molecule has 3 heteroatoms. The zero-order chi connectivity index (χ0) is 12.1. The lowest BCUT2D eigenvalue weighted by Crippen LogP contribution is -2.19. The monoisotopic (exact) mass is 233 g/mol. The number of rotatable bonds is 4. The molecule has 0 fully saturated rings. The molecule has 1 heterocycles. The van der Waals surface area contributed by atoms with E-state index in [0.29, 0.717) is 6.04 Å². The Morgan fingerprint density at radius 3 is 2.65 bits per heavy atom. The van der Waals surface area contributed by atoms with Crippen LogP contribution in [-0.2, 0) is 12.8 Å². The maximum atomic E-state index is 4.45. The van der Waals surface area contributed by atoms with Gasteiger partial charge in [0, 0.05) is 17.3 Å². The fourth-order valence-corrected chi connectivity index (χ4v) is 2.51. The van der Waals surface area contributed by atoms with E-state index in [2.05, 4.69) is 29.1 Å². The van der Waals surface area contributed by atoms with Crippen LogP contribution in [0.1, 0.15) is 57.2 Å². The summed E-state index contributed by atoms with van der Waals surface area (Å²) < 4.78 is 0. The molecule has 0 saturated carbocycles. The van der Waals surface area contributed by atoms with Crippen molar-refractivity contribution in [3.63, 3.8) is 0 Å². The smallest absolute Gasteiger partial charge is 0.133 e. The van der Waals surface area contributed by atoms with Crippen molar-refractivity contribution in [1.29, 1.82) is 0 Å². The number of fused-ring (bicyclic) bond motifs is 1. The molecule has 1 aliphatic carbocycles. The lowest BCUT2D eigenvalue weighted by molar-refractivity contribution is 0.665. The number of anilines is 1. The van der Waals surface area contributed by atoms with E-state index in [4.69, 9.17) is 0 Å². The highest BCUT2D eigenvalue weighted by Gasteiger charge is 2.15. The Balaban J connectivity index is 2.21. The Kier molecular flexibility index (Phi) is 4.35. The Bertz CT molecular complexity index is 358. The molecule has 1 aromatic heterocycles. The molecule has 0 saturated heterocycles. The predicted molar refractivity (Wildman–Crippen MR) is 71.3 cm³/mol. The van der Waals surface area contributed by atoms with Gasteiger partial charge in [-0.1, -0.05) is 20.3 Å². The molecule has 0 amide bonds. The van der Waals surface area contributed by atoms with Crippen LogP contribution in [0.25, 0.3) is 0 Å². The maximum Gasteiger partial charge on any atom is 0.133 e. The molecule has 0 atom stereocenters. The number of hydrogen-bond donors (Lipinski definition) is 1. The molecule has 0 bridgehead atoms. The third kappa shape index (κ3) is 2.96. The van der Waals surface area contributed by atoms with Gasteiger partial charge in [-0.25, -0.2) is 9.97 Å². The summed E-state index contributed by atoms with van der Waals surface area (Å²) in [6, 6.07) is 0.539. The second-order valence-corrected chi connectivity index (χ2v) is 4.87. The molecule has 0 spiro atoms. The summed E-state index contributed by atoms with van der Waals surface area (Å²) in [7, 11) is 0. The van der Waals surface area contributed by atoms with E-state index in [1.165, 1.54) is 30.5 Å². The standard InChI is InChI=1S/C14H23N3/c1-3-11(4-2)17-14-12-8-6-5-7-9-13(12)15-10-16-14/h10-11H,3-9H2,1-2H3,(H,15,16,17). The van der Waals surface area contributed by atoms with E-state index in [1.807, 2.05) is 0 Å².